The average molecular weight is 367 g/mol. The van der Waals surface area contributed by atoms with Crippen LogP contribution in [-0.2, 0) is 4.79 Å². The van der Waals surface area contributed by atoms with E-state index in [0.29, 0.717) is 13.0 Å². The lowest BCUT2D eigenvalue weighted by atomic mass is 9.95. The molecule has 142 valence electrons. The lowest BCUT2D eigenvalue weighted by molar-refractivity contribution is -0.134. The van der Waals surface area contributed by atoms with Crippen LogP contribution in [-0.4, -0.2) is 41.2 Å². The molecular weight excluding hydrogens is 341 g/mol. The number of likely N-dealkylation sites (N-methyl/N-ethyl adjacent to an activating group) is 1. The van der Waals surface area contributed by atoms with E-state index >= 15 is 0 Å². The van der Waals surface area contributed by atoms with Gasteiger partial charge < -0.3 is 0 Å². The summed E-state index contributed by atoms with van der Waals surface area (Å²) in [4.78, 5) is 15.0. The Labute approximate surface area is 160 Å². The second kappa shape index (κ2) is 8.01. The highest BCUT2D eigenvalue weighted by molar-refractivity contribution is 6.03. The Hall–Kier alpha value is -2.53. The predicted molar refractivity (Wildman–Crippen MR) is 106 cm³/mol. The van der Waals surface area contributed by atoms with E-state index in [9.17, 15) is 9.18 Å². The summed E-state index contributed by atoms with van der Waals surface area (Å²) in [5.41, 5.74) is 3.66. The van der Waals surface area contributed by atoms with E-state index < -0.39 is 0 Å². The zero-order valence-electron chi connectivity index (χ0n) is 16.3. The first-order chi connectivity index (χ1) is 12.9. The number of rotatable bonds is 5. The molecule has 1 atom stereocenters. The third-order valence-electron chi connectivity index (χ3n) is 5.14. The first kappa shape index (κ1) is 19.2. The van der Waals surface area contributed by atoms with Gasteiger partial charge in [-0.15, -0.1) is 0 Å². The molecule has 1 aliphatic heterocycles. The number of carbonyl (C=O) groups is 1. The molecule has 3 rings (SSSR count). The second-order valence-corrected chi connectivity index (χ2v) is 7.38. The molecule has 4 nitrogen and oxygen atoms in total. The Balaban J connectivity index is 1.95. The second-order valence-electron chi connectivity index (χ2n) is 7.38. The van der Waals surface area contributed by atoms with Crippen LogP contribution in [0, 0.1) is 12.7 Å². The SMILES string of the molecule is Cc1ccccc1C1CC(c2cccc(F)c2)=NN1C(=O)CN(C)C(C)C. The first-order valence-electron chi connectivity index (χ1n) is 9.28. The van der Waals surface area contributed by atoms with E-state index in [-0.39, 0.29) is 23.8 Å². The van der Waals surface area contributed by atoms with Gasteiger partial charge in [-0.3, -0.25) is 9.69 Å². The van der Waals surface area contributed by atoms with Gasteiger partial charge in [0.15, 0.2) is 0 Å². The van der Waals surface area contributed by atoms with Crippen molar-refractivity contribution in [1.82, 2.24) is 9.91 Å². The minimum atomic E-state index is -0.299. The van der Waals surface area contributed by atoms with Gasteiger partial charge >= 0.3 is 0 Å². The lowest BCUT2D eigenvalue weighted by Gasteiger charge is -2.27. The highest BCUT2D eigenvalue weighted by Gasteiger charge is 2.34. The minimum absolute atomic E-state index is 0.0501. The Morgan fingerprint density at radius 3 is 2.67 bits per heavy atom. The van der Waals surface area contributed by atoms with Crippen molar-refractivity contribution >= 4 is 11.6 Å². The van der Waals surface area contributed by atoms with Crippen LogP contribution in [0.15, 0.2) is 53.6 Å². The van der Waals surface area contributed by atoms with Crippen molar-refractivity contribution in [3.8, 4) is 0 Å². The number of hydrazone groups is 1. The molecule has 1 heterocycles. The zero-order chi connectivity index (χ0) is 19.6. The van der Waals surface area contributed by atoms with Gasteiger partial charge in [-0.1, -0.05) is 36.4 Å². The molecule has 1 amide bonds. The predicted octanol–water partition coefficient (Wildman–Crippen LogP) is 4.15. The van der Waals surface area contributed by atoms with Gasteiger partial charge in [-0.05, 0) is 51.1 Å². The van der Waals surface area contributed by atoms with Crippen LogP contribution >= 0.6 is 0 Å². The summed E-state index contributed by atoms with van der Waals surface area (Å²) in [7, 11) is 1.93. The summed E-state index contributed by atoms with van der Waals surface area (Å²) in [6.07, 6.45) is 0.575. The first-order valence-corrected chi connectivity index (χ1v) is 9.28. The highest BCUT2D eigenvalue weighted by atomic mass is 19.1. The van der Waals surface area contributed by atoms with Crippen molar-refractivity contribution in [2.24, 2.45) is 5.10 Å². The molecule has 0 saturated carbocycles. The van der Waals surface area contributed by atoms with E-state index in [0.717, 1.165) is 22.4 Å². The number of carbonyl (C=O) groups excluding carboxylic acids is 1. The van der Waals surface area contributed by atoms with E-state index in [2.05, 4.69) is 18.9 Å². The normalized spacial score (nSPS) is 16.9. The van der Waals surface area contributed by atoms with Crippen LogP contribution in [0.5, 0.6) is 0 Å². The van der Waals surface area contributed by atoms with Crippen molar-refractivity contribution in [2.45, 2.75) is 39.3 Å². The summed E-state index contributed by atoms with van der Waals surface area (Å²) in [6.45, 7) is 6.44. The fraction of sp³-hybridized carbons (Fsp3) is 0.364. The topological polar surface area (TPSA) is 35.9 Å². The van der Waals surface area contributed by atoms with Crippen molar-refractivity contribution in [1.29, 1.82) is 0 Å². The molecule has 0 aliphatic carbocycles. The molecule has 0 aromatic heterocycles. The molecule has 2 aromatic rings. The fourth-order valence-corrected chi connectivity index (χ4v) is 3.25. The molecule has 27 heavy (non-hydrogen) atoms. The number of hydrogen-bond acceptors (Lipinski definition) is 3. The summed E-state index contributed by atoms with van der Waals surface area (Å²) in [5, 5.41) is 6.20. The molecule has 1 unspecified atom stereocenters. The summed E-state index contributed by atoms with van der Waals surface area (Å²) in [6, 6.07) is 14.5. The fourth-order valence-electron chi connectivity index (χ4n) is 3.25. The van der Waals surface area contributed by atoms with E-state index in [1.54, 1.807) is 11.1 Å². The maximum Gasteiger partial charge on any atom is 0.257 e. The standard InChI is InChI=1S/C22H26FN3O/c1-15(2)25(4)14-22(27)26-21(19-11-6-5-8-16(19)3)13-20(24-26)17-9-7-10-18(23)12-17/h5-12,15,21H,13-14H2,1-4H3. The van der Waals surface area contributed by atoms with Crippen LogP contribution in [0.25, 0.3) is 0 Å². The molecule has 5 heteroatoms. The van der Waals surface area contributed by atoms with Crippen molar-refractivity contribution in [2.75, 3.05) is 13.6 Å². The number of aryl methyl sites for hydroxylation is 1. The third-order valence-corrected chi connectivity index (χ3v) is 5.14. The third kappa shape index (κ3) is 4.25. The molecule has 0 spiro atoms. The van der Waals surface area contributed by atoms with E-state index in [4.69, 9.17) is 0 Å². The summed E-state index contributed by atoms with van der Waals surface area (Å²) in [5.74, 6) is -0.349. The molecule has 2 aromatic carbocycles. The van der Waals surface area contributed by atoms with Crippen molar-refractivity contribution in [3.63, 3.8) is 0 Å². The number of nitrogens with zero attached hydrogens (tertiary/aromatic N) is 3. The monoisotopic (exact) mass is 367 g/mol. The lowest BCUT2D eigenvalue weighted by Crippen LogP contribution is -2.39. The average Bonchev–Trinajstić information content (AvgIpc) is 3.07. The van der Waals surface area contributed by atoms with Gasteiger partial charge in [0.25, 0.3) is 5.91 Å². The summed E-state index contributed by atoms with van der Waals surface area (Å²) >= 11 is 0. The van der Waals surface area contributed by atoms with Crippen molar-refractivity contribution in [3.05, 3.63) is 71.0 Å². The van der Waals surface area contributed by atoms with Gasteiger partial charge in [0.05, 0.1) is 18.3 Å². The Morgan fingerprint density at radius 2 is 2.00 bits per heavy atom. The maximum atomic E-state index is 13.7. The van der Waals surface area contributed by atoms with E-state index in [1.807, 2.05) is 49.2 Å². The number of amides is 1. The highest BCUT2D eigenvalue weighted by Crippen LogP contribution is 2.34. The Morgan fingerprint density at radius 1 is 1.26 bits per heavy atom. The maximum absolute atomic E-state index is 13.7. The molecule has 1 aliphatic rings. The summed E-state index contributed by atoms with van der Waals surface area (Å²) < 4.78 is 13.7. The van der Waals surface area contributed by atoms with Crippen LogP contribution in [0.1, 0.15) is 43.0 Å². The van der Waals surface area contributed by atoms with Gasteiger partial charge in [-0.25, -0.2) is 9.40 Å². The smallest absolute Gasteiger partial charge is 0.257 e. The van der Waals surface area contributed by atoms with Crippen LogP contribution in [0.3, 0.4) is 0 Å². The number of halogens is 1. The Kier molecular flexibility index (Phi) is 5.71. The van der Waals surface area contributed by atoms with Crippen molar-refractivity contribution < 1.29 is 9.18 Å². The van der Waals surface area contributed by atoms with Gasteiger partial charge in [0.1, 0.15) is 5.82 Å². The Bertz CT molecular complexity index is 862. The quantitative estimate of drug-likeness (QED) is 0.796. The van der Waals surface area contributed by atoms with Crippen LogP contribution in [0.4, 0.5) is 4.39 Å². The molecule has 0 saturated heterocycles. The number of hydrogen-bond donors (Lipinski definition) is 0. The van der Waals surface area contributed by atoms with Gasteiger partial charge in [-0.2, -0.15) is 5.10 Å². The minimum Gasteiger partial charge on any atom is -0.295 e. The molecule has 0 radical (unpaired) electrons. The molecule has 0 fully saturated rings. The number of benzene rings is 2. The molecular formula is C22H26FN3O. The van der Waals surface area contributed by atoms with E-state index in [1.165, 1.54) is 12.1 Å². The largest absolute Gasteiger partial charge is 0.295 e. The van der Waals surface area contributed by atoms with Gasteiger partial charge in [0.2, 0.25) is 0 Å². The van der Waals surface area contributed by atoms with Crippen LogP contribution in [0.2, 0.25) is 0 Å². The molecule has 0 N–H and O–H groups in total. The van der Waals surface area contributed by atoms with Crippen LogP contribution < -0.4 is 0 Å². The zero-order valence-corrected chi connectivity index (χ0v) is 16.3. The molecule has 0 bridgehead atoms. The van der Waals surface area contributed by atoms with Gasteiger partial charge in [0, 0.05) is 18.0 Å².